The quantitative estimate of drug-likeness (QED) is 0.551. The number of alkyl halides is 3. The number of ether oxygens (including phenoxy) is 1. The van der Waals surface area contributed by atoms with Crippen LogP contribution in [0, 0.1) is 5.41 Å². The summed E-state index contributed by atoms with van der Waals surface area (Å²) in [5.74, 6) is -3.08. The van der Waals surface area contributed by atoms with Crippen LogP contribution >= 0.6 is 0 Å². The molecular weight excluding hydrogens is 241 g/mol. The van der Waals surface area contributed by atoms with Gasteiger partial charge in [0.05, 0.1) is 5.97 Å². The monoisotopic (exact) mass is 253 g/mol. The molecule has 1 unspecified atom stereocenters. The average Bonchev–Trinajstić information content (AvgIpc) is 2.07. The molecular formula is C10H12F3O4-. The molecule has 0 aliphatic rings. The van der Waals surface area contributed by atoms with Crippen molar-refractivity contribution in [3.8, 4) is 0 Å². The van der Waals surface area contributed by atoms with Gasteiger partial charge in [0.15, 0.2) is 0 Å². The van der Waals surface area contributed by atoms with E-state index in [0.717, 1.165) is 0 Å². The summed E-state index contributed by atoms with van der Waals surface area (Å²) in [6.07, 6.45) is -6.35. The molecule has 7 heteroatoms. The number of aliphatic carboxylic acids is 1. The highest BCUT2D eigenvalue weighted by Gasteiger charge is 2.49. The van der Waals surface area contributed by atoms with Crippen LogP contribution in [-0.4, -0.2) is 24.2 Å². The molecule has 0 saturated heterocycles. The molecule has 0 aromatic heterocycles. The van der Waals surface area contributed by atoms with E-state index in [9.17, 15) is 27.9 Å². The minimum atomic E-state index is -4.72. The van der Waals surface area contributed by atoms with Gasteiger partial charge in [-0.1, -0.05) is 20.8 Å². The van der Waals surface area contributed by atoms with E-state index in [0.29, 0.717) is 12.2 Å². The minimum absolute atomic E-state index is 0.304. The maximum Gasteiger partial charge on any atom is 0.426 e. The zero-order chi connectivity index (χ0) is 13.9. The van der Waals surface area contributed by atoms with E-state index in [1.807, 2.05) is 0 Å². The standard InChI is InChI=1S/C10H13F3O4/c1-9(2,3)8(10(11,12)13)17-7(16)5-4-6(14)15/h4-5,8H,1-3H3,(H,14,15)/p-1. The highest BCUT2D eigenvalue weighted by atomic mass is 19.4. The molecule has 0 heterocycles. The molecule has 0 aromatic carbocycles. The number of carbonyl (C=O) groups is 2. The Hall–Kier alpha value is -1.53. The lowest BCUT2D eigenvalue weighted by Gasteiger charge is -2.31. The summed E-state index contributed by atoms with van der Waals surface area (Å²) in [5, 5.41) is 9.96. The number of hydrogen-bond donors (Lipinski definition) is 0. The van der Waals surface area contributed by atoms with Crippen LogP contribution in [0.4, 0.5) is 13.2 Å². The largest absolute Gasteiger partial charge is 0.545 e. The number of carboxylic acids is 1. The first-order valence-electron chi connectivity index (χ1n) is 4.61. The second-order valence-electron chi connectivity index (χ2n) is 4.38. The first kappa shape index (κ1) is 15.5. The van der Waals surface area contributed by atoms with Crippen molar-refractivity contribution >= 4 is 11.9 Å². The van der Waals surface area contributed by atoms with Gasteiger partial charge in [0.25, 0.3) is 0 Å². The van der Waals surface area contributed by atoms with Crippen LogP contribution in [0.1, 0.15) is 20.8 Å². The van der Waals surface area contributed by atoms with Gasteiger partial charge in [-0.05, 0) is 6.08 Å². The Balaban J connectivity index is 4.80. The Labute approximate surface area is 96.1 Å². The Morgan fingerprint density at radius 1 is 1.18 bits per heavy atom. The normalized spacial score (nSPS) is 14.7. The van der Waals surface area contributed by atoms with E-state index in [-0.39, 0.29) is 0 Å². The van der Waals surface area contributed by atoms with Gasteiger partial charge in [0, 0.05) is 11.5 Å². The van der Waals surface area contributed by atoms with Crippen LogP contribution < -0.4 is 5.11 Å². The Morgan fingerprint density at radius 3 is 1.94 bits per heavy atom. The summed E-state index contributed by atoms with van der Waals surface area (Å²) >= 11 is 0. The zero-order valence-corrected chi connectivity index (χ0v) is 9.50. The minimum Gasteiger partial charge on any atom is -0.545 e. The fourth-order valence-electron chi connectivity index (χ4n) is 1.03. The Morgan fingerprint density at radius 2 is 1.65 bits per heavy atom. The number of rotatable bonds is 3. The van der Waals surface area contributed by atoms with E-state index in [1.54, 1.807) is 0 Å². The fourth-order valence-corrected chi connectivity index (χ4v) is 1.03. The lowest BCUT2D eigenvalue weighted by Crippen LogP contribution is -2.43. The molecule has 0 aromatic rings. The van der Waals surface area contributed by atoms with E-state index < -0.39 is 29.6 Å². The topological polar surface area (TPSA) is 66.4 Å². The summed E-state index contributed by atoms with van der Waals surface area (Å²) in [6.45, 7) is 3.75. The van der Waals surface area contributed by atoms with E-state index in [2.05, 4.69) is 4.74 Å². The maximum atomic E-state index is 12.5. The average molecular weight is 253 g/mol. The summed E-state index contributed by atoms with van der Waals surface area (Å²) in [5.41, 5.74) is -1.34. The number of hydrogen-bond acceptors (Lipinski definition) is 4. The molecule has 1 atom stereocenters. The summed E-state index contributed by atoms with van der Waals surface area (Å²) < 4.78 is 41.8. The molecule has 0 rings (SSSR count). The lowest BCUT2D eigenvalue weighted by molar-refractivity contribution is -0.297. The van der Waals surface area contributed by atoms with Gasteiger partial charge in [-0.3, -0.25) is 0 Å². The van der Waals surface area contributed by atoms with Crippen molar-refractivity contribution in [2.24, 2.45) is 5.41 Å². The summed E-state index contributed by atoms with van der Waals surface area (Å²) in [4.78, 5) is 20.9. The van der Waals surface area contributed by atoms with Gasteiger partial charge >= 0.3 is 12.1 Å². The van der Waals surface area contributed by atoms with Gasteiger partial charge < -0.3 is 14.6 Å². The maximum absolute atomic E-state index is 12.5. The second kappa shape index (κ2) is 5.20. The van der Waals surface area contributed by atoms with Gasteiger partial charge in [-0.15, -0.1) is 0 Å². The summed E-state index contributed by atoms with van der Waals surface area (Å²) in [7, 11) is 0. The Kier molecular flexibility index (Phi) is 4.73. The number of carboxylic acid groups (broad SMARTS) is 1. The smallest absolute Gasteiger partial charge is 0.426 e. The van der Waals surface area contributed by atoms with Crippen LogP contribution in [0.25, 0.3) is 0 Å². The molecule has 0 aliphatic heterocycles. The highest BCUT2D eigenvalue weighted by Crippen LogP contribution is 2.35. The summed E-state index contributed by atoms with van der Waals surface area (Å²) in [6, 6.07) is 0. The van der Waals surface area contributed by atoms with Crippen LogP contribution in [0.3, 0.4) is 0 Å². The van der Waals surface area contributed by atoms with Crippen molar-refractivity contribution in [3.05, 3.63) is 12.2 Å². The molecule has 0 fully saturated rings. The number of carbonyl (C=O) groups excluding carboxylic acids is 2. The lowest BCUT2D eigenvalue weighted by atomic mass is 9.88. The Bertz CT molecular complexity index is 311. The van der Waals surface area contributed by atoms with Crippen molar-refractivity contribution in [2.75, 3.05) is 0 Å². The number of halogens is 3. The molecule has 0 spiro atoms. The molecule has 0 saturated carbocycles. The van der Waals surface area contributed by atoms with E-state index in [4.69, 9.17) is 0 Å². The van der Waals surface area contributed by atoms with Crippen molar-refractivity contribution in [2.45, 2.75) is 33.1 Å². The van der Waals surface area contributed by atoms with Crippen molar-refractivity contribution in [1.82, 2.24) is 0 Å². The van der Waals surface area contributed by atoms with E-state index in [1.165, 1.54) is 20.8 Å². The second-order valence-corrected chi connectivity index (χ2v) is 4.38. The first-order valence-corrected chi connectivity index (χ1v) is 4.61. The van der Waals surface area contributed by atoms with Crippen LogP contribution in [0.15, 0.2) is 12.2 Å². The SMILES string of the molecule is CC(C)(C)C(OC(=O)C=CC(=O)[O-])C(F)(F)F. The third kappa shape index (κ3) is 5.94. The van der Waals surface area contributed by atoms with Crippen LogP contribution in [0.2, 0.25) is 0 Å². The van der Waals surface area contributed by atoms with Crippen LogP contribution in [0.5, 0.6) is 0 Å². The third-order valence-corrected chi connectivity index (χ3v) is 1.67. The molecule has 17 heavy (non-hydrogen) atoms. The highest BCUT2D eigenvalue weighted by molar-refractivity contribution is 5.90. The molecule has 98 valence electrons. The van der Waals surface area contributed by atoms with E-state index >= 15 is 0 Å². The predicted molar refractivity (Wildman–Crippen MR) is 49.5 cm³/mol. The molecule has 0 radical (unpaired) electrons. The molecule has 0 amide bonds. The molecule has 0 N–H and O–H groups in total. The van der Waals surface area contributed by atoms with Crippen LogP contribution in [-0.2, 0) is 14.3 Å². The number of esters is 1. The zero-order valence-electron chi connectivity index (χ0n) is 9.50. The fraction of sp³-hybridized carbons (Fsp3) is 0.600. The van der Waals surface area contributed by atoms with Gasteiger partial charge in [-0.2, -0.15) is 13.2 Å². The predicted octanol–water partition coefficient (Wildman–Crippen LogP) is 0.813. The van der Waals surface area contributed by atoms with Crippen molar-refractivity contribution in [1.29, 1.82) is 0 Å². The molecule has 4 nitrogen and oxygen atoms in total. The molecule has 0 bridgehead atoms. The van der Waals surface area contributed by atoms with Crippen molar-refractivity contribution < 1.29 is 32.6 Å². The third-order valence-electron chi connectivity index (χ3n) is 1.67. The van der Waals surface area contributed by atoms with Gasteiger partial charge in [-0.25, -0.2) is 4.79 Å². The van der Waals surface area contributed by atoms with Gasteiger partial charge in [0.1, 0.15) is 0 Å². The first-order chi connectivity index (χ1) is 7.44. The van der Waals surface area contributed by atoms with Gasteiger partial charge in [0.2, 0.25) is 6.10 Å². The van der Waals surface area contributed by atoms with Crippen molar-refractivity contribution in [3.63, 3.8) is 0 Å². The molecule has 0 aliphatic carbocycles.